The van der Waals surface area contributed by atoms with Gasteiger partial charge in [0, 0.05) is 32.0 Å². The average molecular weight is 597 g/mol. The minimum atomic E-state index is -3.72. The Balaban J connectivity index is 1.27. The van der Waals surface area contributed by atoms with Gasteiger partial charge in [-0.05, 0) is 62.7 Å². The van der Waals surface area contributed by atoms with Crippen LogP contribution in [0.1, 0.15) is 46.0 Å². The van der Waals surface area contributed by atoms with Gasteiger partial charge in [-0.25, -0.2) is 4.79 Å². The number of nitrogens with zero attached hydrogens (tertiary/aromatic N) is 1. The van der Waals surface area contributed by atoms with Crippen LogP contribution >= 0.6 is 7.60 Å². The smallest absolute Gasteiger partial charge is 0.330 e. The Labute approximate surface area is 246 Å². The number of fused-ring (bicyclic) bond motifs is 2. The summed E-state index contributed by atoms with van der Waals surface area (Å²) in [6.45, 7) is 0.908. The van der Waals surface area contributed by atoms with Gasteiger partial charge in [0.25, 0.3) is 5.56 Å². The third-order valence-electron chi connectivity index (χ3n) is 8.39. The molecular weight excluding hydrogens is 567 g/mol. The molecule has 1 aromatic heterocycles. The number of H-pyrrole nitrogens is 1. The third-order valence-corrected chi connectivity index (χ3v) is 9.02. The molecule has 0 saturated carbocycles. The lowest BCUT2D eigenvalue weighted by molar-refractivity contribution is -0.0498. The highest BCUT2D eigenvalue weighted by Gasteiger charge is 2.38. The number of aromatic amines is 1. The standard InChI is InChI=1S/C33H29N2O7P/c1-40-27-16-29(42-28(27)18-41-43(2,38)39)35-17-21(32(36)34-33(35)37)13-12-19-14-15-26-24-10-4-7-20-6-3-9-23(30(20)24)25-11-5-8-22(19)31(25)26/h3-7,9,11,14-15,17,27-29H,8,10,16,18H2,1-2H3,(H,38,39)(H,34,36,37)/t27-,28?,29-/m1/s1. The maximum Gasteiger partial charge on any atom is 0.330 e. The van der Waals surface area contributed by atoms with E-state index in [-0.39, 0.29) is 18.6 Å². The van der Waals surface area contributed by atoms with E-state index in [1.807, 2.05) is 6.07 Å². The molecule has 3 aromatic carbocycles. The fraction of sp³-hybridized carbons (Fsp3) is 0.273. The highest BCUT2D eigenvalue weighted by atomic mass is 31.2. The lowest BCUT2D eigenvalue weighted by Crippen LogP contribution is -2.33. The molecule has 2 aliphatic carbocycles. The Morgan fingerprint density at radius 3 is 2.65 bits per heavy atom. The average Bonchev–Trinajstić information content (AvgIpc) is 3.41. The highest BCUT2D eigenvalue weighted by molar-refractivity contribution is 7.51. The second-order valence-corrected chi connectivity index (χ2v) is 13.0. The van der Waals surface area contributed by atoms with Crippen molar-refractivity contribution < 1.29 is 23.5 Å². The summed E-state index contributed by atoms with van der Waals surface area (Å²) >= 11 is 0. The molecule has 2 unspecified atom stereocenters. The highest BCUT2D eigenvalue weighted by Crippen LogP contribution is 2.42. The molecule has 1 fully saturated rings. The van der Waals surface area contributed by atoms with Gasteiger partial charge < -0.3 is 18.9 Å². The molecule has 4 atom stereocenters. The van der Waals surface area contributed by atoms with Gasteiger partial charge in [0.2, 0.25) is 0 Å². The molecule has 3 aliphatic rings. The fourth-order valence-corrected chi connectivity index (χ4v) is 6.89. The zero-order chi connectivity index (χ0) is 29.9. The normalized spacial score (nSPS) is 21.6. The number of aromatic nitrogens is 2. The number of rotatable bonds is 5. The molecule has 218 valence electrons. The maximum absolute atomic E-state index is 12.8. The predicted octanol–water partition coefficient (Wildman–Crippen LogP) is 4.52. The zero-order valence-electron chi connectivity index (χ0n) is 23.6. The maximum atomic E-state index is 12.8. The third kappa shape index (κ3) is 4.92. The van der Waals surface area contributed by atoms with Crippen LogP contribution in [0.5, 0.6) is 0 Å². The summed E-state index contributed by atoms with van der Waals surface area (Å²) in [6, 6.07) is 10.6. The molecular formula is C33H29N2O7P. The number of hydrogen-bond donors (Lipinski definition) is 2. The van der Waals surface area contributed by atoms with Crippen molar-refractivity contribution in [3.05, 3.63) is 103 Å². The second-order valence-electron chi connectivity index (χ2n) is 11.1. The Morgan fingerprint density at radius 2 is 1.84 bits per heavy atom. The van der Waals surface area contributed by atoms with Crippen molar-refractivity contribution >= 4 is 41.3 Å². The minimum Gasteiger partial charge on any atom is -0.378 e. The van der Waals surface area contributed by atoms with Crippen LogP contribution < -0.4 is 11.2 Å². The molecule has 0 radical (unpaired) electrons. The molecule has 0 bridgehead atoms. The predicted molar refractivity (Wildman–Crippen MR) is 165 cm³/mol. The molecule has 0 spiro atoms. The van der Waals surface area contributed by atoms with Crippen LogP contribution in [0.25, 0.3) is 33.7 Å². The number of benzene rings is 3. The topological polar surface area (TPSA) is 120 Å². The van der Waals surface area contributed by atoms with Crippen molar-refractivity contribution in [1.82, 2.24) is 9.55 Å². The monoisotopic (exact) mass is 596 g/mol. The SMILES string of the molecule is CO[C@@H]1C[C@H](n2cc(C#Cc3ccc4c5c6c(cccc6c6c4c3CC=C6)C=CC5)c(=O)[nH]c2=O)OC1COP(C)(=O)O. The lowest BCUT2D eigenvalue weighted by Gasteiger charge is -2.23. The Morgan fingerprint density at radius 1 is 1.05 bits per heavy atom. The zero-order valence-corrected chi connectivity index (χ0v) is 24.5. The largest absolute Gasteiger partial charge is 0.378 e. The Kier molecular flexibility index (Phi) is 6.85. The summed E-state index contributed by atoms with van der Waals surface area (Å²) in [7, 11) is -2.23. The van der Waals surface area contributed by atoms with E-state index in [1.165, 1.54) is 56.1 Å². The van der Waals surface area contributed by atoms with Crippen LogP contribution in [0.3, 0.4) is 0 Å². The van der Waals surface area contributed by atoms with Crippen LogP contribution in [0, 0.1) is 11.8 Å². The van der Waals surface area contributed by atoms with Crippen LogP contribution in [0.15, 0.2) is 58.3 Å². The summed E-state index contributed by atoms with van der Waals surface area (Å²) in [5.74, 6) is 6.21. The molecule has 1 aliphatic heterocycles. The van der Waals surface area contributed by atoms with Gasteiger partial charge in [0.1, 0.15) is 17.9 Å². The van der Waals surface area contributed by atoms with Crippen molar-refractivity contribution in [3.63, 3.8) is 0 Å². The van der Waals surface area contributed by atoms with E-state index in [4.69, 9.17) is 14.0 Å². The number of allylic oxidation sites excluding steroid dienone is 2. The van der Waals surface area contributed by atoms with E-state index >= 15 is 0 Å². The van der Waals surface area contributed by atoms with E-state index in [0.29, 0.717) is 0 Å². The first-order chi connectivity index (χ1) is 20.7. The number of methoxy groups -OCH3 is 1. The summed E-state index contributed by atoms with van der Waals surface area (Å²) in [5, 5.41) is 4.95. The van der Waals surface area contributed by atoms with Gasteiger partial charge in [-0.1, -0.05) is 60.4 Å². The van der Waals surface area contributed by atoms with Crippen molar-refractivity contribution in [2.45, 2.75) is 37.7 Å². The molecule has 2 heterocycles. The molecule has 4 aromatic rings. The first kappa shape index (κ1) is 27.8. The molecule has 43 heavy (non-hydrogen) atoms. The van der Waals surface area contributed by atoms with Crippen LogP contribution in [-0.2, 0) is 31.4 Å². The van der Waals surface area contributed by atoms with Crippen molar-refractivity contribution in [2.75, 3.05) is 20.4 Å². The van der Waals surface area contributed by atoms with Gasteiger partial charge in [-0.15, -0.1) is 0 Å². The van der Waals surface area contributed by atoms with Gasteiger partial charge in [-0.3, -0.25) is 18.9 Å². The molecule has 10 heteroatoms. The molecule has 7 rings (SSSR count). The summed E-state index contributed by atoms with van der Waals surface area (Å²) in [4.78, 5) is 37.4. The minimum absolute atomic E-state index is 0.118. The lowest BCUT2D eigenvalue weighted by atomic mass is 9.81. The van der Waals surface area contributed by atoms with Crippen molar-refractivity contribution in [3.8, 4) is 11.8 Å². The van der Waals surface area contributed by atoms with Gasteiger partial charge >= 0.3 is 13.3 Å². The number of hydrogen-bond acceptors (Lipinski definition) is 6. The van der Waals surface area contributed by atoms with E-state index in [0.717, 1.165) is 30.6 Å². The molecule has 1 saturated heterocycles. The molecule has 2 N–H and O–H groups in total. The summed E-state index contributed by atoms with van der Waals surface area (Å²) < 4.78 is 29.3. The van der Waals surface area contributed by atoms with Gasteiger partial charge in [0.15, 0.2) is 0 Å². The Bertz CT molecular complexity index is 2110. The van der Waals surface area contributed by atoms with Crippen molar-refractivity contribution in [1.29, 1.82) is 0 Å². The van der Waals surface area contributed by atoms with E-state index in [2.05, 4.69) is 65.4 Å². The first-order valence-corrected chi connectivity index (χ1v) is 16.1. The number of ether oxygens (including phenoxy) is 2. The summed E-state index contributed by atoms with van der Waals surface area (Å²) in [5.41, 5.74) is 4.56. The van der Waals surface area contributed by atoms with Gasteiger partial charge in [-0.2, -0.15) is 0 Å². The van der Waals surface area contributed by atoms with Gasteiger partial charge in [0.05, 0.1) is 12.7 Å². The van der Waals surface area contributed by atoms with Crippen LogP contribution in [0.2, 0.25) is 0 Å². The Hall–Kier alpha value is -4.03. The van der Waals surface area contributed by atoms with Crippen LogP contribution in [0.4, 0.5) is 0 Å². The number of nitrogens with one attached hydrogen (secondary N) is 1. The quantitative estimate of drug-likeness (QED) is 0.198. The van der Waals surface area contributed by atoms with Crippen LogP contribution in [-0.4, -0.2) is 47.0 Å². The molecule has 9 nitrogen and oxygen atoms in total. The second kappa shape index (κ2) is 10.6. The van der Waals surface area contributed by atoms with E-state index in [9.17, 15) is 19.0 Å². The summed E-state index contributed by atoms with van der Waals surface area (Å²) in [6.07, 6.45) is 10.1. The first-order valence-electron chi connectivity index (χ1n) is 14.1. The van der Waals surface area contributed by atoms with E-state index < -0.39 is 37.3 Å². The van der Waals surface area contributed by atoms with Crippen molar-refractivity contribution in [2.24, 2.45) is 0 Å². The van der Waals surface area contributed by atoms with E-state index in [1.54, 1.807) is 0 Å². The fourth-order valence-electron chi connectivity index (χ4n) is 6.46. The molecule has 0 amide bonds.